The monoisotopic (exact) mass is 496 g/mol. The third-order valence-electron chi connectivity index (χ3n) is 5.27. The van der Waals surface area contributed by atoms with Crippen molar-refractivity contribution in [3.8, 4) is 5.69 Å². The number of nitrogens with zero attached hydrogens (tertiary/aromatic N) is 4. The van der Waals surface area contributed by atoms with Gasteiger partial charge < -0.3 is 0 Å². The molecule has 0 fully saturated rings. The molecule has 2 aromatic heterocycles. The van der Waals surface area contributed by atoms with Gasteiger partial charge in [-0.2, -0.15) is 0 Å². The van der Waals surface area contributed by atoms with Crippen molar-refractivity contribution in [2.45, 2.75) is 88.9 Å². The van der Waals surface area contributed by atoms with E-state index in [9.17, 15) is 0 Å². The molecule has 0 saturated heterocycles. The van der Waals surface area contributed by atoms with E-state index in [-0.39, 0.29) is 0 Å². The van der Waals surface area contributed by atoms with Crippen molar-refractivity contribution in [3.63, 3.8) is 0 Å². The van der Waals surface area contributed by atoms with Crippen molar-refractivity contribution in [2.24, 2.45) is 0 Å². The second kappa shape index (κ2) is 11.4. The zero-order valence-corrected chi connectivity index (χ0v) is 20.9. The van der Waals surface area contributed by atoms with Crippen LogP contribution in [0.4, 0.5) is 0 Å². The number of hydrogen-bond acceptors (Lipinski definition) is 3. The van der Waals surface area contributed by atoms with Gasteiger partial charge in [0.2, 0.25) is 0 Å². The van der Waals surface area contributed by atoms with Gasteiger partial charge in [-0.3, -0.25) is 0 Å². The molecule has 4 nitrogen and oxygen atoms in total. The maximum atomic E-state index is 6.29. The molecular weight excluding hydrogens is 462 g/mol. The minimum absolute atomic E-state index is 0.483. The van der Waals surface area contributed by atoms with Gasteiger partial charge in [-0.25, -0.2) is 0 Å². The van der Waals surface area contributed by atoms with Crippen LogP contribution in [0.5, 0.6) is 0 Å². The molecule has 27 heavy (non-hydrogen) atoms. The standard InChI is InChI=1S/C13H27.C8H6ClN4.Sn/c1-4-7-10-13(11-8-5-2)12-9-6-3;1-6-5-11-12-13(6)7-3-2-4-10-8(7)9;/h4-12H2,1-3H3;2-4H,1H3;. The van der Waals surface area contributed by atoms with Crippen molar-refractivity contribution in [3.05, 3.63) is 29.2 Å². The molecule has 0 spiro atoms. The van der Waals surface area contributed by atoms with E-state index in [1.54, 1.807) is 6.20 Å². The first kappa shape index (κ1) is 22.7. The average Bonchev–Trinajstić information content (AvgIpc) is 3.03. The van der Waals surface area contributed by atoms with Gasteiger partial charge in [0, 0.05) is 0 Å². The Morgan fingerprint density at radius 2 is 1.63 bits per heavy atom. The molecular formula is C21H33ClN4Sn. The van der Waals surface area contributed by atoms with E-state index in [0.717, 1.165) is 11.4 Å². The molecule has 0 amide bonds. The van der Waals surface area contributed by atoms with Crippen LogP contribution < -0.4 is 3.71 Å². The van der Waals surface area contributed by atoms with E-state index in [0.29, 0.717) is 8.58 Å². The molecule has 0 aliphatic rings. The maximum absolute atomic E-state index is 6.29. The Balaban J connectivity index is 2.31. The average molecular weight is 496 g/mol. The molecule has 0 aliphatic heterocycles. The van der Waals surface area contributed by atoms with Gasteiger partial charge in [-0.1, -0.05) is 0 Å². The number of rotatable bonds is 12. The molecule has 0 aromatic carbocycles. The van der Waals surface area contributed by atoms with Crippen LogP contribution in [0.25, 0.3) is 5.69 Å². The summed E-state index contributed by atoms with van der Waals surface area (Å²) in [5.74, 6) is 0. The van der Waals surface area contributed by atoms with E-state index in [1.807, 2.05) is 16.8 Å². The van der Waals surface area contributed by atoms with E-state index < -0.39 is 21.1 Å². The van der Waals surface area contributed by atoms with Crippen molar-refractivity contribution in [2.75, 3.05) is 0 Å². The fraction of sp³-hybridized carbons (Fsp3) is 0.667. The normalized spacial score (nSPS) is 11.9. The first-order valence-electron chi connectivity index (χ1n) is 10.4. The summed E-state index contributed by atoms with van der Waals surface area (Å²) in [5, 5.41) is 9.58. The van der Waals surface area contributed by atoms with Crippen molar-refractivity contribution in [1.82, 2.24) is 20.0 Å². The Bertz CT molecular complexity index is 679. The summed E-state index contributed by atoms with van der Waals surface area (Å²) >= 11 is 5.40. The molecule has 0 atom stereocenters. The molecule has 6 heteroatoms. The molecule has 0 unspecified atom stereocenters. The van der Waals surface area contributed by atoms with Crippen molar-refractivity contribution >= 4 is 36.5 Å². The topological polar surface area (TPSA) is 43.6 Å². The van der Waals surface area contributed by atoms with Crippen molar-refractivity contribution in [1.29, 1.82) is 0 Å². The second-order valence-electron chi connectivity index (χ2n) is 7.46. The molecule has 0 saturated carbocycles. The van der Waals surface area contributed by atoms with Crippen LogP contribution in [0.15, 0.2) is 18.3 Å². The summed E-state index contributed by atoms with van der Waals surface area (Å²) in [6, 6.07) is 3.86. The van der Waals surface area contributed by atoms with Gasteiger partial charge in [-0.15, -0.1) is 0 Å². The zero-order chi connectivity index (χ0) is 19.7. The Labute approximate surface area is 179 Å². The molecule has 148 valence electrons. The number of unbranched alkanes of at least 4 members (excludes halogenated alkanes) is 3. The minimum atomic E-state index is -0.898. The quantitative estimate of drug-likeness (QED) is 0.281. The van der Waals surface area contributed by atoms with Crippen LogP contribution in [-0.4, -0.2) is 41.1 Å². The summed E-state index contributed by atoms with van der Waals surface area (Å²) in [5.41, 5.74) is 1.99. The summed E-state index contributed by atoms with van der Waals surface area (Å²) in [6.07, 6.45) is 13.6. The summed E-state index contributed by atoms with van der Waals surface area (Å²) in [7, 11) is 0. The van der Waals surface area contributed by atoms with E-state index >= 15 is 0 Å². The predicted octanol–water partition coefficient (Wildman–Crippen LogP) is 5.68. The van der Waals surface area contributed by atoms with Crippen LogP contribution in [0.2, 0.25) is 8.58 Å². The molecule has 2 rings (SSSR count). The van der Waals surface area contributed by atoms with Crippen LogP contribution in [-0.2, 0) is 0 Å². The molecule has 2 heterocycles. The van der Waals surface area contributed by atoms with Crippen LogP contribution in [0, 0.1) is 6.92 Å². The molecule has 2 aromatic rings. The molecule has 0 bridgehead atoms. The Morgan fingerprint density at radius 3 is 2.15 bits per heavy atom. The Hall–Kier alpha value is -0.621. The predicted molar refractivity (Wildman–Crippen MR) is 116 cm³/mol. The SMILES string of the molecule is CCCC[C](CCCC)(CCCC)[Sn][c]1nnn(-c2cccnc2Cl)c1C. The Kier molecular flexibility index (Phi) is 9.57. The summed E-state index contributed by atoms with van der Waals surface area (Å²) in [4.78, 5) is 4.19. The fourth-order valence-electron chi connectivity index (χ4n) is 3.57. The third kappa shape index (κ3) is 6.18. The summed E-state index contributed by atoms with van der Waals surface area (Å²) in [6.45, 7) is 9.06. The molecule has 2 radical (unpaired) electrons. The number of hydrogen-bond donors (Lipinski definition) is 0. The first-order chi connectivity index (χ1) is 13.1. The zero-order valence-electron chi connectivity index (χ0n) is 17.3. The second-order valence-corrected chi connectivity index (χ2v) is 12.9. The molecule has 0 N–H and O–H groups in total. The van der Waals surface area contributed by atoms with Crippen LogP contribution in [0.1, 0.15) is 84.3 Å². The van der Waals surface area contributed by atoms with Gasteiger partial charge in [0.1, 0.15) is 0 Å². The van der Waals surface area contributed by atoms with Gasteiger partial charge >= 0.3 is 180 Å². The number of aromatic nitrogens is 4. The number of pyridine rings is 1. The van der Waals surface area contributed by atoms with Gasteiger partial charge in [0.15, 0.2) is 0 Å². The van der Waals surface area contributed by atoms with E-state index in [4.69, 9.17) is 11.6 Å². The van der Waals surface area contributed by atoms with Gasteiger partial charge in [0.05, 0.1) is 0 Å². The Morgan fingerprint density at radius 1 is 1.04 bits per heavy atom. The summed E-state index contributed by atoms with van der Waals surface area (Å²) < 4.78 is 3.67. The first-order valence-corrected chi connectivity index (χ1v) is 13.6. The van der Waals surface area contributed by atoms with E-state index in [1.165, 1.54) is 61.5 Å². The van der Waals surface area contributed by atoms with Gasteiger partial charge in [-0.05, 0) is 0 Å². The van der Waals surface area contributed by atoms with E-state index in [2.05, 4.69) is 43.0 Å². The van der Waals surface area contributed by atoms with Crippen LogP contribution >= 0.6 is 11.6 Å². The van der Waals surface area contributed by atoms with Crippen molar-refractivity contribution < 1.29 is 0 Å². The van der Waals surface area contributed by atoms with Gasteiger partial charge in [0.25, 0.3) is 0 Å². The number of halogens is 1. The fourth-order valence-corrected chi connectivity index (χ4v) is 8.87. The molecule has 0 aliphatic carbocycles. The third-order valence-corrected chi connectivity index (χ3v) is 11.2. The van der Waals surface area contributed by atoms with Crippen LogP contribution in [0.3, 0.4) is 0 Å².